The summed E-state index contributed by atoms with van der Waals surface area (Å²) in [5.41, 5.74) is 3.77. The standard InChI is InChI=1S/C14H10FN3S/c15-7-4-5-11-9(6-7)12-8-2-1-3-10(8)17-14(19)18-13(12)16-11/h4-6H,1-3H2,(H,16,17,18,19). The van der Waals surface area contributed by atoms with E-state index in [2.05, 4.69) is 15.0 Å². The van der Waals surface area contributed by atoms with Gasteiger partial charge in [0.25, 0.3) is 0 Å². The minimum atomic E-state index is -0.238. The number of aryl methyl sites for hydroxylation is 2. The zero-order valence-corrected chi connectivity index (χ0v) is 10.9. The van der Waals surface area contributed by atoms with Crippen molar-refractivity contribution in [1.82, 2.24) is 15.0 Å². The van der Waals surface area contributed by atoms with E-state index in [1.807, 2.05) is 0 Å². The molecule has 0 saturated carbocycles. The van der Waals surface area contributed by atoms with Gasteiger partial charge in [-0.15, -0.1) is 0 Å². The van der Waals surface area contributed by atoms with Crippen molar-refractivity contribution in [3.63, 3.8) is 0 Å². The van der Waals surface area contributed by atoms with Crippen LogP contribution < -0.4 is 0 Å². The zero-order chi connectivity index (χ0) is 13.0. The number of nitrogens with zero attached hydrogens (tertiary/aromatic N) is 2. The predicted octanol–water partition coefficient (Wildman–Crippen LogP) is 3.47. The molecule has 0 atom stereocenters. The number of H-pyrrole nitrogens is 1. The van der Waals surface area contributed by atoms with Crippen LogP contribution in [0.5, 0.6) is 0 Å². The summed E-state index contributed by atoms with van der Waals surface area (Å²) in [6, 6.07) is 4.74. The molecular weight excluding hydrogens is 261 g/mol. The number of aromatic amines is 1. The van der Waals surface area contributed by atoms with Crippen LogP contribution in [0.25, 0.3) is 21.9 Å². The highest BCUT2D eigenvalue weighted by molar-refractivity contribution is 7.71. The number of hydrogen-bond donors (Lipinski definition) is 1. The van der Waals surface area contributed by atoms with Crippen molar-refractivity contribution < 1.29 is 4.39 Å². The molecule has 0 fully saturated rings. The van der Waals surface area contributed by atoms with Crippen LogP contribution in [0.4, 0.5) is 4.39 Å². The second-order valence-electron chi connectivity index (χ2n) is 4.82. The van der Waals surface area contributed by atoms with Crippen molar-refractivity contribution in [3.05, 3.63) is 40.0 Å². The summed E-state index contributed by atoms with van der Waals surface area (Å²) in [5, 5.41) is 1.85. The lowest BCUT2D eigenvalue weighted by Crippen LogP contribution is -1.83. The average Bonchev–Trinajstić information content (AvgIpc) is 2.90. The van der Waals surface area contributed by atoms with E-state index in [9.17, 15) is 4.39 Å². The van der Waals surface area contributed by atoms with E-state index in [-0.39, 0.29) is 5.82 Å². The molecule has 1 aliphatic carbocycles. The van der Waals surface area contributed by atoms with Gasteiger partial charge in [0.2, 0.25) is 4.77 Å². The number of halogens is 1. The molecule has 4 rings (SSSR count). The molecular formula is C14H10FN3S. The first kappa shape index (κ1) is 11.0. The van der Waals surface area contributed by atoms with Gasteiger partial charge in [-0.25, -0.2) is 14.4 Å². The van der Waals surface area contributed by atoms with Gasteiger partial charge in [0.15, 0.2) is 0 Å². The van der Waals surface area contributed by atoms with E-state index >= 15 is 0 Å². The smallest absolute Gasteiger partial charge is 0.221 e. The maximum Gasteiger partial charge on any atom is 0.221 e. The Balaban J connectivity index is 2.31. The summed E-state index contributed by atoms with van der Waals surface area (Å²) in [6.07, 6.45) is 2.94. The first-order valence-corrected chi connectivity index (χ1v) is 6.64. The largest absolute Gasteiger partial charge is 0.339 e. The SMILES string of the molecule is Fc1ccc2[nH]c3nc(=S)nc4c(c3c2c1)CCC4. The Morgan fingerprint density at radius 3 is 3.00 bits per heavy atom. The molecule has 0 saturated heterocycles. The van der Waals surface area contributed by atoms with Gasteiger partial charge < -0.3 is 4.98 Å². The molecule has 0 unspecified atom stereocenters. The Morgan fingerprint density at radius 1 is 1.21 bits per heavy atom. The number of fused-ring (bicyclic) bond motifs is 5. The normalized spacial score (nSPS) is 14.2. The van der Waals surface area contributed by atoms with E-state index < -0.39 is 0 Å². The van der Waals surface area contributed by atoms with Crippen LogP contribution in [0.2, 0.25) is 0 Å². The van der Waals surface area contributed by atoms with Crippen LogP contribution in [0.1, 0.15) is 17.7 Å². The molecule has 0 amide bonds. The van der Waals surface area contributed by atoms with Crippen LogP contribution in [-0.4, -0.2) is 15.0 Å². The van der Waals surface area contributed by atoms with Crippen molar-refractivity contribution >= 4 is 34.2 Å². The van der Waals surface area contributed by atoms with Gasteiger partial charge in [-0.2, -0.15) is 0 Å². The maximum absolute atomic E-state index is 13.5. The number of benzene rings is 1. The molecule has 0 aliphatic heterocycles. The fourth-order valence-electron chi connectivity index (χ4n) is 2.90. The van der Waals surface area contributed by atoms with Crippen LogP contribution >= 0.6 is 12.2 Å². The lowest BCUT2D eigenvalue weighted by Gasteiger charge is -1.95. The Labute approximate surface area is 113 Å². The first-order valence-electron chi connectivity index (χ1n) is 6.23. The highest BCUT2D eigenvalue weighted by Gasteiger charge is 2.18. The third-order valence-electron chi connectivity index (χ3n) is 3.67. The summed E-state index contributed by atoms with van der Waals surface area (Å²) >= 11 is 5.16. The van der Waals surface area contributed by atoms with Gasteiger partial charge in [0.1, 0.15) is 11.5 Å². The van der Waals surface area contributed by atoms with Crippen LogP contribution in [0.15, 0.2) is 18.2 Å². The number of nitrogens with one attached hydrogen (secondary N) is 1. The van der Waals surface area contributed by atoms with Gasteiger partial charge in [-0.3, -0.25) is 0 Å². The number of rotatable bonds is 0. The van der Waals surface area contributed by atoms with E-state index in [0.29, 0.717) is 10.4 Å². The maximum atomic E-state index is 13.5. The van der Waals surface area contributed by atoms with E-state index in [1.54, 1.807) is 12.1 Å². The number of hydrogen-bond acceptors (Lipinski definition) is 3. The Kier molecular flexibility index (Phi) is 2.20. The molecule has 94 valence electrons. The lowest BCUT2D eigenvalue weighted by molar-refractivity contribution is 0.630. The van der Waals surface area contributed by atoms with Gasteiger partial charge in [0.05, 0.1) is 0 Å². The van der Waals surface area contributed by atoms with Crippen molar-refractivity contribution in [1.29, 1.82) is 0 Å². The molecule has 2 heterocycles. The molecule has 0 bridgehead atoms. The van der Waals surface area contributed by atoms with Gasteiger partial charge >= 0.3 is 0 Å². The lowest BCUT2D eigenvalue weighted by atomic mass is 10.1. The molecule has 1 aliphatic rings. The monoisotopic (exact) mass is 271 g/mol. The topological polar surface area (TPSA) is 41.6 Å². The van der Waals surface area contributed by atoms with Crippen molar-refractivity contribution in [2.75, 3.05) is 0 Å². The highest BCUT2D eigenvalue weighted by Crippen LogP contribution is 2.32. The fourth-order valence-corrected chi connectivity index (χ4v) is 3.10. The van der Waals surface area contributed by atoms with Crippen molar-refractivity contribution in [3.8, 4) is 0 Å². The molecule has 3 aromatic rings. The molecule has 5 heteroatoms. The Morgan fingerprint density at radius 2 is 2.11 bits per heavy atom. The molecule has 19 heavy (non-hydrogen) atoms. The molecule has 0 radical (unpaired) electrons. The highest BCUT2D eigenvalue weighted by atomic mass is 32.1. The zero-order valence-electron chi connectivity index (χ0n) is 10.0. The minimum absolute atomic E-state index is 0.238. The van der Waals surface area contributed by atoms with Gasteiger partial charge in [-0.05, 0) is 55.2 Å². The molecule has 1 N–H and O–H groups in total. The van der Waals surface area contributed by atoms with Gasteiger partial charge in [0, 0.05) is 22.0 Å². The van der Waals surface area contributed by atoms with Crippen LogP contribution in [-0.2, 0) is 12.8 Å². The van der Waals surface area contributed by atoms with E-state index in [1.165, 1.54) is 6.07 Å². The fraction of sp³-hybridized carbons (Fsp3) is 0.214. The molecule has 2 aromatic heterocycles. The second kappa shape index (κ2) is 3.81. The third-order valence-corrected chi connectivity index (χ3v) is 3.85. The molecule has 0 spiro atoms. The summed E-state index contributed by atoms with van der Waals surface area (Å²) < 4.78 is 13.8. The minimum Gasteiger partial charge on any atom is -0.339 e. The molecule has 3 nitrogen and oxygen atoms in total. The first-order chi connectivity index (χ1) is 9.22. The summed E-state index contributed by atoms with van der Waals surface area (Å²) in [4.78, 5) is 11.9. The third kappa shape index (κ3) is 1.58. The summed E-state index contributed by atoms with van der Waals surface area (Å²) in [5.74, 6) is -0.238. The number of aromatic nitrogens is 3. The average molecular weight is 271 g/mol. The second-order valence-corrected chi connectivity index (χ2v) is 5.19. The van der Waals surface area contributed by atoms with E-state index in [4.69, 9.17) is 12.2 Å². The van der Waals surface area contributed by atoms with Gasteiger partial charge in [-0.1, -0.05) is 0 Å². The predicted molar refractivity (Wildman–Crippen MR) is 74.2 cm³/mol. The Bertz CT molecular complexity index is 885. The summed E-state index contributed by atoms with van der Waals surface area (Å²) in [7, 11) is 0. The van der Waals surface area contributed by atoms with E-state index in [0.717, 1.165) is 46.8 Å². The van der Waals surface area contributed by atoms with Crippen LogP contribution in [0, 0.1) is 10.6 Å². The van der Waals surface area contributed by atoms with Crippen LogP contribution in [0.3, 0.4) is 0 Å². The molecule has 1 aromatic carbocycles. The van der Waals surface area contributed by atoms with Crippen molar-refractivity contribution in [2.45, 2.75) is 19.3 Å². The van der Waals surface area contributed by atoms with Crippen molar-refractivity contribution in [2.24, 2.45) is 0 Å². The quantitative estimate of drug-likeness (QED) is 0.637. The summed E-state index contributed by atoms with van der Waals surface area (Å²) in [6.45, 7) is 0. The Hall–Kier alpha value is -1.88.